The first-order valence-electron chi connectivity index (χ1n) is 8.14. The van der Waals surface area contributed by atoms with Gasteiger partial charge in [0.25, 0.3) is 0 Å². The predicted molar refractivity (Wildman–Crippen MR) is 102 cm³/mol. The van der Waals surface area contributed by atoms with Crippen molar-refractivity contribution in [3.63, 3.8) is 0 Å². The van der Waals surface area contributed by atoms with E-state index in [0.717, 1.165) is 35.3 Å². The highest BCUT2D eigenvalue weighted by molar-refractivity contribution is 7.99. The number of likely N-dealkylation sites (N-methyl/N-ethyl adjacent to an activating group) is 1. The van der Waals surface area contributed by atoms with Crippen LogP contribution in [-0.2, 0) is 22.5 Å². The van der Waals surface area contributed by atoms with Crippen molar-refractivity contribution in [3.05, 3.63) is 46.1 Å². The molecular weight excluding hydrogens is 370 g/mol. The molecule has 0 amide bonds. The Morgan fingerprint density at radius 1 is 1.46 bits per heavy atom. The second-order valence-electron chi connectivity index (χ2n) is 6.04. The minimum absolute atomic E-state index is 0.110. The Balaban J connectivity index is 2.20. The maximum Gasteiger partial charge on any atom is 0.316 e. The summed E-state index contributed by atoms with van der Waals surface area (Å²) >= 11 is 7.67. The van der Waals surface area contributed by atoms with Crippen molar-refractivity contribution in [1.29, 1.82) is 5.26 Å². The van der Waals surface area contributed by atoms with Crippen molar-refractivity contribution in [1.82, 2.24) is 9.88 Å². The fraction of sp³-hybridized carbons (Fsp3) is 0.316. The van der Waals surface area contributed by atoms with E-state index < -0.39 is 0 Å². The maximum atomic E-state index is 11.5. The van der Waals surface area contributed by atoms with E-state index in [2.05, 4.69) is 11.0 Å². The third-order valence-electron chi connectivity index (χ3n) is 4.32. The third kappa shape index (κ3) is 3.70. The zero-order valence-corrected chi connectivity index (χ0v) is 16.2. The number of hydrogen-bond acceptors (Lipinski definition) is 6. The van der Waals surface area contributed by atoms with Gasteiger partial charge in [-0.1, -0.05) is 41.6 Å². The molecule has 7 heteroatoms. The van der Waals surface area contributed by atoms with E-state index >= 15 is 0 Å². The van der Waals surface area contributed by atoms with Crippen LogP contribution in [0.15, 0.2) is 29.3 Å². The van der Waals surface area contributed by atoms with Gasteiger partial charge in [0.2, 0.25) is 0 Å². The van der Waals surface area contributed by atoms with E-state index in [1.165, 1.54) is 18.9 Å². The number of nitrogens with zero attached hydrogens (tertiary/aromatic N) is 3. The number of rotatable bonds is 4. The number of aromatic nitrogens is 1. The first-order valence-corrected chi connectivity index (χ1v) is 9.50. The van der Waals surface area contributed by atoms with E-state index in [1.54, 1.807) is 0 Å². The van der Waals surface area contributed by atoms with E-state index in [1.807, 2.05) is 31.3 Å². The summed E-state index contributed by atoms with van der Waals surface area (Å²) in [6.45, 7) is 1.61. The molecule has 3 rings (SSSR count). The zero-order valence-electron chi connectivity index (χ0n) is 14.6. The molecule has 0 N–H and O–H groups in total. The molecule has 0 saturated heterocycles. The lowest BCUT2D eigenvalue weighted by atomic mass is 9.92. The van der Waals surface area contributed by atoms with Crippen molar-refractivity contribution in [3.8, 4) is 17.2 Å². The lowest BCUT2D eigenvalue weighted by Gasteiger charge is -2.28. The van der Waals surface area contributed by atoms with Crippen molar-refractivity contribution in [2.24, 2.45) is 0 Å². The van der Waals surface area contributed by atoms with Crippen molar-refractivity contribution in [2.75, 3.05) is 26.5 Å². The molecule has 0 saturated carbocycles. The first kappa shape index (κ1) is 18.7. The number of nitriles is 1. The number of halogens is 1. The van der Waals surface area contributed by atoms with Crippen molar-refractivity contribution >= 4 is 29.3 Å². The highest BCUT2D eigenvalue weighted by Gasteiger charge is 2.26. The molecule has 1 aliphatic rings. The zero-order chi connectivity index (χ0) is 18.7. The van der Waals surface area contributed by atoms with Crippen LogP contribution in [0.2, 0.25) is 5.02 Å². The number of methoxy groups -OCH3 is 1. The Morgan fingerprint density at radius 3 is 2.92 bits per heavy atom. The molecule has 1 aromatic heterocycles. The fourth-order valence-electron chi connectivity index (χ4n) is 3.03. The van der Waals surface area contributed by atoms with Gasteiger partial charge in [0, 0.05) is 41.4 Å². The first-order chi connectivity index (χ1) is 12.5. The van der Waals surface area contributed by atoms with Gasteiger partial charge in [-0.25, -0.2) is 4.98 Å². The number of esters is 1. The lowest BCUT2D eigenvalue weighted by Crippen LogP contribution is -2.28. The largest absolute Gasteiger partial charge is 0.468 e. The molecule has 2 aromatic rings. The summed E-state index contributed by atoms with van der Waals surface area (Å²) in [7, 11) is 3.39. The lowest BCUT2D eigenvalue weighted by molar-refractivity contribution is -0.137. The molecular formula is C19H18ClN3O2S. The number of thioether (sulfide) groups is 1. The standard InChI is InChI=1S/C19H18ClN3O2S/c1-23-8-7-16-14(10-23)18(12-5-3-4-6-15(12)20)13(9-21)19(22-16)26-11-17(24)25-2/h3-6H,7-8,10-11H2,1-2H3. The van der Waals surface area contributed by atoms with Crippen LogP contribution in [0.1, 0.15) is 16.8 Å². The van der Waals surface area contributed by atoms with Gasteiger partial charge in [-0.15, -0.1) is 0 Å². The summed E-state index contributed by atoms with van der Waals surface area (Å²) in [5, 5.41) is 11.0. The molecule has 0 unspecified atom stereocenters. The van der Waals surface area contributed by atoms with Gasteiger partial charge in [0.1, 0.15) is 11.1 Å². The quantitative estimate of drug-likeness (QED) is 0.590. The van der Waals surface area contributed by atoms with Crippen LogP contribution in [0, 0.1) is 11.3 Å². The smallest absolute Gasteiger partial charge is 0.316 e. The van der Waals surface area contributed by atoms with Crippen LogP contribution >= 0.6 is 23.4 Å². The average molecular weight is 388 g/mol. The van der Waals surface area contributed by atoms with Crippen LogP contribution in [0.3, 0.4) is 0 Å². The van der Waals surface area contributed by atoms with Gasteiger partial charge >= 0.3 is 5.97 Å². The van der Waals surface area contributed by atoms with Crippen molar-refractivity contribution < 1.29 is 9.53 Å². The van der Waals surface area contributed by atoms with Crippen LogP contribution < -0.4 is 0 Å². The fourth-order valence-corrected chi connectivity index (χ4v) is 4.10. The molecule has 0 bridgehead atoms. The Hall–Kier alpha value is -2.07. The Labute approximate surface area is 161 Å². The van der Waals surface area contributed by atoms with Crippen LogP contribution in [0.5, 0.6) is 0 Å². The molecule has 0 aliphatic carbocycles. The van der Waals surface area contributed by atoms with Gasteiger partial charge in [-0.05, 0) is 18.7 Å². The summed E-state index contributed by atoms with van der Waals surface area (Å²) in [4.78, 5) is 18.4. The van der Waals surface area contributed by atoms with Gasteiger partial charge in [0.15, 0.2) is 0 Å². The number of carbonyl (C=O) groups excluding carboxylic acids is 1. The number of fused-ring (bicyclic) bond motifs is 1. The molecule has 5 nitrogen and oxygen atoms in total. The van der Waals surface area contributed by atoms with Crippen LogP contribution in [0.4, 0.5) is 0 Å². The van der Waals surface area contributed by atoms with E-state index in [0.29, 0.717) is 22.2 Å². The summed E-state index contributed by atoms with van der Waals surface area (Å²) < 4.78 is 4.71. The summed E-state index contributed by atoms with van der Waals surface area (Å²) in [6.07, 6.45) is 0.792. The second-order valence-corrected chi connectivity index (χ2v) is 7.41. The van der Waals surface area contributed by atoms with Gasteiger partial charge in [-0.2, -0.15) is 5.26 Å². The number of benzene rings is 1. The average Bonchev–Trinajstić information content (AvgIpc) is 2.65. The van der Waals surface area contributed by atoms with Crippen LogP contribution in [-0.4, -0.2) is 42.3 Å². The third-order valence-corrected chi connectivity index (χ3v) is 5.60. The Morgan fingerprint density at radius 2 is 2.23 bits per heavy atom. The molecule has 26 heavy (non-hydrogen) atoms. The summed E-state index contributed by atoms with van der Waals surface area (Å²) in [6, 6.07) is 9.79. The van der Waals surface area contributed by atoms with Crippen molar-refractivity contribution in [2.45, 2.75) is 18.0 Å². The van der Waals surface area contributed by atoms with Gasteiger partial charge in [0.05, 0.1) is 18.4 Å². The minimum Gasteiger partial charge on any atom is -0.468 e. The molecule has 134 valence electrons. The SMILES string of the molecule is COC(=O)CSc1nc2c(c(-c3ccccc3Cl)c1C#N)CN(C)CC2. The number of carbonyl (C=O) groups is 1. The summed E-state index contributed by atoms with van der Waals surface area (Å²) in [5.74, 6) is -0.240. The second kappa shape index (κ2) is 8.09. The molecule has 0 atom stereocenters. The molecule has 0 fully saturated rings. The Kier molecular flexibility index (Phi) is 5.82. The molecule has 1 aromatic carbocycles. The molecule has 0 radical (unpaired) electrons. The molecule has 1 aliphatic heterocycles. The maximum absolute atomic E-state index is 11.5. The highest BCUT2D eigenvalue weighted by Crippen LogP contribution is 2.39. The normalized spacial score (nSPS) is 13.8. The topological polar surface area (TPSA) is 66.2 Å². The predicted octanol–water partition coefficient (Wildman–Crippen LogP) is 3.53. The highest BCUT2D eigenvalue weighted by atomic mass is 35.5. The monoisotopic (exact) mass is 387 g/mol. The number of pyridine rings is 1. The van der Waals surface area contributed by atoms with E-state index in [9.17, 15) is 10.1 Å². The van der Waals surface area contributed by atoms with Crippen LogP contribution in [0.25, 0.3) is 11.1 Å². The number of ether oxygens (including phenoxy) is 1. The molecule has 0 spiro atoms. The van der Waals surface area contributed by atoms with Gasteiger partial charge < -0.3 is 9.64 Å². The Bertz CT molecular complexity index is 895. The molecule has 2 heterocycles. The van der Waals surface area contributed by atoms with E-state index in [-0.39, 0.29) is 11.7 Å². The van der Waals surface area contributed by atoms with E-state index in [4.69, 9.17) is 21.3 Å². The number of hydrogen-bond donors (Lipinski definition) is 0. The summed E-state index contributed by atoms with van der Waals surface area (Å²) in [5.41, 5.74) is 4.10. The minimum atomic E-state index is -0.350. The van der Waals surface area contributed by atoms with Gasteiger partial charge in [-0.3, -0.25) is 4.79 Å².